The highest BCUT2D eigenvalue weighted by atomic mass is 16.2. The average Bonchev–Trinajstić information content (AvgIpc) is 3.72. The molecule has 1 saturated carbocycles. The van der Waals surface area contributed by atoms with E-state index in [0.717, 1.165) is 43.5 Å². The third-order valence-corrected chi connectivity index (χ3v) is 7.91. The van der Waals surface area contributed by atoms with Gasteiger partial charge in [0.15, 0.2) is 0 Å². The normalized spacial score (nSPS) is 19.7. The first-order chi connectivity index (χ1) is 18.1. The highest BCUT2D eigenvalue weighted by Gasteiger charge is 2.40. The minimum absolute atomic E-state index is 0.0253. The van der Waals surface area contributed by atoms with Crippen LogP contribution in [0.1, 0.15) is 41.9 Å². The third-order valence-electron chi connectivity index (χ3n) is 7.91. The third kappa shape index (κ3) is 4.83. The lowest BCUT2D eigenvalue weighted by Gasteiger charge is -2.35. The maximum Gasteiger partial charge on any atom is 0.250 e. The molecule has 4 heterocycles. The highest BCUT2D eigenvalue weighted by Crippen LogP contribution is 2.36. The second-order valence-corrected chi connectivity index (χ2v) is 10.5. The largest absolute Gasteiger partial charge is 0.343 e. The molecule has 4 aromatic rings. The van der Waals surface area contributed by atoms with E-state index in [9.17, 15) is 9.59 Å². The second kappa shape index (κ2) is 9.98. The predicted molar refractivity (Wildman–Crippen MR) is 144 cm³/mol. The van der Waals surface area contributed by atoms with Crippen LogP contribution in [0.25, 0.3) is 10.9 Å². The van der Waals surface area contributed by atoms with Gasteiger partial charge in [-0.25, -0.2) is 0 Å². The van der Waals surface area contributed by atoms with Crippen molar-refractivity contribution in [3.63, 3.8) is 0 Å². The molecule has 2 atom stereocenters. The smallest absolute Gasteiger partial charge is 0.250 e. The van der Waals surface area contributed by atoms with Crippen molar-refractivity contribution >= 4 is 16.8 Å². The number of amides is 1. The number of nitrogens with one attached hydrogen (secondary N) is 1. The van der Waals surface area contributed by atoms with E-state index in [1.807, 2.05) is 24.5 Å². The van der Waals surface area contributed by atoms with E-state index in [1.54, 1.807) is 23.9 Å². The number of aryl methyl sites for hydroxylation is 1. The van der Waals surface area contributed by atoms with E-state index < -0.39 is 0 Å². The summed E-state index contributed by atoms with van der Waals surface area (Å²) in [4.78, 5) is 32.9. The first-order valence-electron chi connectivity index (χ1n) is 13.2. The van der Waals surface area contributed by atoms with Crippen molar-refractivity contribution in [2.24, 2.45) is 13.0 Å². The lowest BCUT2D eigenvalue weighted by molar-refractivity contribution is -0.138. The van der Waals surface area contributed by atoms with Crippen LogP contribution in [0.5, 0.6) is 0 Å². The number of piperidine rings is 1. The number of aromatic nitrogens is 3. The molecule has 6 rings (SSSR count). The fourth-order valence-electron chi connectivity index (χ4n) is 5.75. The van der Waals surface area contributed by atoms with E-state index in [2.05, 4.69) is 56.3 Å². The molecule has 2 fully saturated rings. The topological polar surface area (TPSA) is 72.2 Å². The summed E-state index contributed by atoms with van der Waals surface area (Å²) in [7, 11) is 1.76. The molecule has 1 aliphatic carbocycles. The molecule has 7 nitrogen and oxygen atoms in total. The number of benzene rings is 1. The van der Waals surface area contributed by atoms with Gasteiger partial charge in [-0.1, -0.05) is 24.3 Å². The molecular formula is C30H33N5O2. The minimum Gasteiger partial charge on any atom is -0.343 e. The van der Waals surface area contributed by atoms with Gasteiger partial charge in [-0.3, -0.25) is 14.6 Å². The van der Waals surface area contributed by atoms with Crippen molar-refractivity contribution in [3.8, 4) is 0 Å². The summed E-state index contributed by atoms with van der Waals surface area (Å²) >= 11 is 0. The Balaban J connectivity index is 1.30. The molecule has 0 spiro atoms. The van der Waals surface area contributed by atoms with Crippen LogP contribution in [0.15, 0.2) is 78.1 Å². The number of para-hydroxylation sites is 1. The summed E-state index contributed by atoms with van der Waals surface area (Å²) in [6, 6.07) is 16.5. The van der Waals surface area contributed by atoms with Gasteiger partial charge in [0.05, 0.1) is 5.92 Å². The molecule has 37 heavy (non-hydrogen) atoms. The maximum atomic E-state index is 14.1. The molecule has 1 N–H and O–H groups in total. The molecule has 3 aromatic heterocycles. The highest BCUT2D eigenvalue weighted by molar-refractivity contribution is 5.86. The number of nitrogens with zero attached hydrogens (tertiary/aromatic N) is 4. The Kier molecular flexibility index (Phi) is 6.38. The molecule has 0 bridgehead atoms. The lowest BCUT2D eigenvalue weighted by atomic mass is 9.80. The molecule has 0 radical (unpaired) electrons. The van der Waals surface area contributed by atoms with Gasteiger partial charge in [0.25, 0.3) is 5.56 Å². The van der Waals surface area contributed by atoms with Gasteiger partial charge in [0.1, 0.15) is 0 Å². The van der Waals surface area contributed by atoms with Crippen molar-refractivity contribution in [1.29, 1.82) is 0 Å². The Morgan fingerprint density at radius 3 is 2.78 bits per heavy atom. The molecule has 1 saturated heterocycles. The van der Waals surface area contributed by atoms with E-state index in [0.29, 0.717) is 19.1 Å². The fraction of sp³-hybridized carbons (Fsp3) is 0.367. The van der Waals surface area contributed by atoms with Gasteiger partial charge >= 0.3 is 0 Å². The molecule has 1 aromatic carbocycles. The van der Waals surface area contributed by atoms with Gasteiger partial charge in [-0.05, 0) is 66.6 Å². The molecule has 190 valence electrons. The van der Waals surface area contributed by atoms with Crippen LogP contribution in [0.2, 0.25) is 0 Å². The number of carbonyl (C=O) groups is 1. The van der Waals surface area contributed by atoms with E-state index in [4.69, 9.17) is 0 Å². The van der Waals surface area contributed by atoms with Crippen LogP contribution in [0.3, 0.4) is 0 Å². The van der Waals surface area contributed by atoms with E-state index >= 15 is 0 Å². The van der Waals surface area contributed by atoms with E-state index in [1.165, 1.54) is 16.5 Å². The number of fused-ring (bicyclic) bond motifs is 1. The summed E-state index contributed by atoms with van der Waals surface area (Å²) in [6.07, 6.45) is 10.7. The standard InChI is InChI=1S/C30H33N5O2/c1-33-14-11-22(15-29(33)36)25-10-13-32-17-27(25)30(37)35(24-8-9-24)20-23-19-34(18-21-5-4-12-31-16-21)28-7-3-2-6-26(23)28/h2-7,11-12,14-16,19,24-25,27,32H,8-10,13,17-18,20H2,1H3/t25-,27+/m1/s1. The maximum absolute atomic E-state index is 14.1. The predicted octanol–water partition coefficient (Wildman–Crippen LogP) is 3.67. The average molecular weight is 496 g/mol. The van der Waals surface area contributed by atoms with Crippen LogP contribution in [-0.2, 0) is 24.9 Å². The Morgan fingerprint density at radius 2 is 2.00 bits per heavy atom. The number of carbonyl (C=O) groups excluding carboxylic acids is 1. The molecule has 7 heteroatoms. The summed E-state index contributed by atoms with van der Waals surface area (Å²) in [6.45, 7) is 2.84. The van der Waals surface area contributed by atoms with Crippen molar-refractivity contribution in [2.45, 2.75) is 44.3 Å². The number of rotatable bonds is 7. The Bertz CT molecular complexity index is 1470. The van der Waals surface area contributed by atoms with Gasteiger partial charge < -0.3 is 19.4 Å². The SMILES string of the molecule is Cn1ccc([C@H]2CCNC[C@@H]2C(=O)N(Cc2cn(Cc3cccnc3)c3ccccc23)C2CC2)cc1=O. The number of hydrogen-bond donors (Lipinski definition) is 1. The monoisotopic (exact) mass is 495 g/mol. The fourth-order valence-corrected chi connectivity index (χ4v) is 5.75. The van der Waals surface area contributed by atoms with Gasteiger partial charge in [0.2, 0.25) is 5.91 Å². The van der Waals surface area contributed by atoms with Gasteiger partial charge in [-0.15, -0.1) is 0 Å². The van der Waals surface area contributed by atoms with Gasteiger partial charge in [0, 0.05) is 74.5 Å². The molecule has 1 amide bonds. The summed E-state index contributed by atoms with van der Waals surface area (Å²) in [5, 5.41) is 4.63. The zero-order chi connectivity index (χ0) is 25.4. The first-order valence-corrected chi connectivity index (χ1v) is 13.2. The Hall–Kier alpha value is -3.71. The quantitative estimate of drug-likeness (QED) is 0.425. The van der Waals surface area contributed by atoms with Crippen LogP contribution < -0.4 is 10.9 Å². The van der Waals surface area contributed by atoms with Crippen LogP contribution in [0, 0.1) is 5.92 Å². The van der Waals surface area contributed by atoms with Crippen molar-refractivity contribution in [1.82, 2.24) is 24.3 Å². The minimum atomic E-state index is -0.176. The molecular weight excluding hydrogens is 462 g/mol. The zero-order valence-corrected chi connectivity index (χ0v) is 21.2. The summed E-state index contributed by atoms with van der Waals surface area (Å²) < 4.78 is 3.85. The summed E-state index contributed by atoms with van der Waals surface area (Å²) in [5.74, 6) is 0.0745. The van der Waals surface area contributed by atoms with Crippen molar-refractivity contribution < 1.29 is 4.79 Å². The Morgan fingerprint density at radius 1 is 1.14 bits per heavy atom. The summed E-state index contributed by atoms with van der Waals surface area (Å²) in [5.41, 5.74) is 4.44. The lowest BCUT2D eigenvalue weighted by Crippen LogP contribution is -2.47. The van der Waals surface area contributed by atoms with Crippen molar-refractivity contribution in [3.05, 3.63) is 100 Å². The van der Waals surface area contributed by atoms with Crippen LogP contribution in [0.4, 0.5) is 0 Å². The zero-order valence-electron chi connectivity index (χ0n) is 21.2. The first kappa shape index (κ1) is 23.7. The van der Waals surface area contributed by atoms with Crippen LogP contribution in [-0.4, -0.2) is 44.1 Å². The van der Waals surface area contributed by atoms with E-state index in [-0.39, 0.29) is 23.3 Å². The second-order valence-electron chi connectivity index (χ2n) is 10.5. The van der Waals surface area contributed by atoms with Crippen molar-refractivity contribution in [2.75, 3.05) is 13.1 Å². The number of pyridine rings is 2. The molecule has 0 unspecified atom stereocenters. The number of hydrogen-bond acceptors (Lipinski definition) is 4. The van der Waals surface area contributed by atoms with Gasteiger partial charge in [-0.2, -0.15) is 0 Å². The Labute approximate surface area is 216 Å². The molecule has 2 aliphatic rings. The molecule has 1 aliphatic heterocycles. The van der Waals surface area contributed by atoms with Crippen LogP contribution >= 0.6 is 0 Å².